The zero-order valence-corrected chi connectivity index (χ0v) is 7.08. The van der Waals surface area contributed by atoms with E-state index in [1.54, 1.807) is 0 Å². The number of nitrogens with two attached hydrogens (primary N) is 1. The molecule has 1 aromatic carbocycles. The lowest BCUT2D eigenvalue weighted by molar-refractivity contribution is -0.120. The molecule has 0 heterocycles. The van der Waals surface area contributed by atoms with Gasteiger partial charge in [0.25, 0.3) is 0 Å². The molecule has 0 radical (unpaired) electrons. The molecule has 0 aliphatic rings. The lowest BCUT2D eigenvalue weighted by atomic mass is 10.3. The number of amides is 1. The van der Waals surface area contributed by atoms with E-state index in [-0.39, 0.29) is 12.5 Å². The Labute approximate surface area is 76.3 Å². The van der Waals surface area contributed by atoms with Gasteiger partial charge in [-0.05, 0) is 12.1 Å². The van der Waals surface area contributed by atoms with E-state index in [4.69, 9.17) is 5.73 Å². The Hall–Kier alpha value is -1.59. The van der Waals surface area contributed by atoms with E-state index < -0.39 is 0 Å². The molecular weight excluding hydrogens is 168 g/mol. The number of carbonyl (C=O) groups is 1. The van der Waals surface area contributed by atoms with Gasteiger partial charge in [-0.25, -0.2) is 0 Å². The van der Waals surface area contributed by atoms with Crippen molar-refractivity contribution >= 4 is 11.6 Å². The fourth-order valence-corrected chi connectivity index (χ4v) is 0.746. The van der Waals surface area contributed by atoms with Crippen molar-refractivity contribution < 1.29 is 4.79 Å². The second kappa shape index (κ2) is 5.13. The Kier molecular flexibility index (Phi) is 3.74. The number of benzene rings is 1. The van der Waals surface area contributed by atoms with Crippen LogP contribution in [-0.2, 0) is 4.79 Å². The molecule has 5 heteroatoms. The maximum Gasteiger partial charge on any atom is 0.249 e. The maximum atomic E-state index is 10.7. The van der Waals surface area contributed by atoms with Gasteiger partial charge >= 0.3 is 0 Å². The summed E-state index contributed by atoms with van der Waals surface area (Å²) in [5.74, 6) is -0.275. The summed E-state index contributed by atoms with van der Waals surface area (Å²) in [6, 6.07) is 9.40. The Morgan fingerprint density at radius 3 is 2.62 bits per heavy atom. The van der Waals surface area contributed by atoms with E-state index in [0.29, 0.717) is 0 Å². The first-order valence-corrected chi connectivity index (χ1v) is 3.88. The van der Waals surface area contributed by atoms with Crippen LogP contribution in [0, 0.1) is 0 Å². The molecule has 13 heavy (non-hydrogen) atoms. The van der Waals surface area contributed by atoms with Crippen LogP contribution in [-0.4, -0.2) is 12.5 Å². The first-order valence-electron chi connectivity index (χ1n) is 3.88. The molecule has 0 saturated heterocycles. The van der Waals surface area contributed by atoms with Crippen molar-refractivity contribution in [3.8, 4) is 0 Å². The van der Waals surface area contributed by atoms with Crippen molar-refractivity contribution in [2.24, 2.45) is 5.73 Å². The largest absolute Gasteiger partial charge is 0.322 e. The highest BCUT2D eigenvalue weighted by molar-refractivity contribution is 5.77. The third-order valence-electron chi connectivity index (χ3n) is 1.37. The second-order valence-corrected chi connectivity index (χ2v) is 2.37. The molecule has 0 aromatic heterocycles. The van der Waals surface area contributed by atoms with Gasteiger partial charge in [-0.3, -0.25) is 10.2 Å². The lowest BCUT2D eigenvalue weighted by Gasteiger charge is -2.08. The average molecular weight is 180 g/mol. The summed E-state index contributed by atoms with van der Waals surface area (Å²) in [5.41, 5.74) is 13.6. The van der Waals surface area contributed by atoms with E-state index in [0.717, 1.165) is 5.69 Å². The standard InChI is InChI=1S/C8H12N4O/c9-6-8(13)11-12-10-7-4-2-1-3-5-7/h1-5,10,12H,6,9H2,(H,11,13). The first-order chi connectivity index (χ1) is 6.33. The molecule has 5 nitrogen and oxygen atoms in total. The van der Waals surface area contributed by atoms with Crippen molar-refractivity contribution in [2.45, 2.75) is 0 Å². The summed E-state index contributed by atoms with van der Waals surface area (Å²) >= 11 is 0. The quantitative estimate of drug-likeness (QED) is 0.475. The van der Waals surface area contributed by atoms with Crippen LogP contribution in [0.1, 0.15) is 0 Å². The topological polar surface area (TPSA) is 79.2 Å². The van der Waals surface area contributed by atoms with Gasteiger partial charge in [0.2, 0.25) is 5.91 Å². The molecule has 1 amide bonds. The van der Waals surface area contributed by atoms with Crippen molar-refractivity contribution in [3.63, 3.8) is 0 Å². The zero-order chi connectivity index (χ0) is 9.52. The molecule has 5 N–H and O–H groups in total. The van der Waals surface area contributed by atoms with E-state index in [1.807, 2.05) is 30.3 Å². The van der Waals surface area contributed by atoms with Crippen LogP contribution in [0.4, 0.5) is 5.69 Å². The summed E-state index contributed by atoms with van der Waals surface area (Å²) in [7, 11) is 0. The number of rotatable bonds is 4. The van der Waals surface area contributed by atoms with Gasteiger partial charge in [-0.2, -0.15) is 0 Å². The minimum atomic E-state index is -0.275. The molecule has 1 aromatic rings. The second-order valence-electron chi connectivity index (χ2n) is 2.37. The van der Waals surface area contributed by atoms with E-state index in [2.05, 4.69) is 16.4 Å². The Morgan fingerprint density at radius 1 is 1.31 bits per heavy atom. The van der Waals surface area contributed by atoms with Gasteiger partial charge in [-0.1, -0.05) is 18.2 Å². The van der Waals surface area contributed by atoms with Crippen molar-refractivity contribution in [3.05, 3.63) is 30.3 Å². The minimum absolute atomic E-state index is 0.0382. The van der Waals surface area contributed by atoms with Crippen LogP contribution in [0.15, 0.2) is 30.3 Å². The van der Waals surface area contributed by atoms with Crippen LogP contribution in [0.25, 0.3) is 0 Å². The number of hydrogen-bond donors (Lipinski definition) is 4. The SMILES string of the molecule is NCC(=O)NNNc1ccccc1. The van der Waals surface area contributed by atoms with Crippen molar-refractivity contribution in [1.82, 2.24) is 11.0 Å². The third-order valence-corrected chi connectivity index (χ3v) is 1.37. The predicted octanol–water partition coefficient (Wildman–Crippen LogP) is -0.407. The van der Waals surface area contributed by atoms with Gasteiger partial charge in [0.05, 0.1) is 12.2 Å². The number of nitrogens with one attached hydrogen (secondary N) is 3. The Morgan fingerprint density at radius 2 is 2.00 bits per heavy atom. The maximum absolute atomic E-state index is 10.7. The fraction of sp³-hybridized carbons (Fsp3) is 0.125. The molecule has 0 saturated carbocycles. The van der Waals surface area contributed by atoms with Crippen LogP contribution in [0.2, 0.25) is 0 Å². The number of anilines is 1. The van der Waals surface area contributed by atoms with Crippen molar-refractivity contribution in [2.75, 3.05) is 12.0 Å². The smallest absolute Gasteiger partial charge is 0.249 e. The number of hydrogen-bond acceptors (Lipinski definition) is 4. The van der Waals surface area contributed by atoms with Crippen LogP contribution in [0.5, 0.6) is 0 Å². The molecule has 1 rings (SSSR count). The van der Waals surface area contributed by atoms with Gasteiger partial charge in [-0.15, -0.1) is 5.53 Å². The number of carbonyl (C=O) groups excluding carboxylic acids is 1. The van der Waals surface area contributed by atoms with Crippen LogP contribution >= 0.6 is 0 Å². The third kappa shape index (κ3) is 3.55. The normalized spacial score (nSPS) is 9.31. The summed E-state index contributed by atoms with van der Waals surface area (Å²) in [6.07, 6.45) is 0. The van der Waals surface area contributed by atoms with E-state index in [9.17, 15) is 4.79 Å². The molecule has 0 fully saturated rings. The minimum Gasteiger partial charge on any atom is -0.322 e. The zero-order valence-electron chi connectivity index (χ0n) is 7.08. The van der Waals surface area contributed by atoms with Gasteiger partial charge < -0.3 is 11.2 Å². The number of hydrazine groups is 2. The monoisotopic (exact) mass is 180 g/mol. The van der Waals surface area contributed by atoms with E-state index in [1.165, 1.54) is 0 Å². The van der Waals surface area contributed by atoms with Crippen LogP contribution in [0.3, 0.4) is 0 Å². The average Bonchev–Trinajstić information content (AvgIpc) is 2.19. The highest BCUT2D eigenvalue weighted by Crippen LogP contribution is 2.01. The molecule has 0 atom stereocenters. The van der Waals surface area contributed by atoms with Gasteiger partial charge in [0, 0.05) is 0 Å². The molecule has 0 unspecified atom stereocenters. The van der Waals surface area contributed by atoms with E-state index >= 15 is 0 Å². The fourth-order valence-electron chi connectivity index (χ4n) is 0.746. The molecule has 0 aliphatic carbocycles. The summed E-state index contributed by atoms with van der Waals surface area (Å²) < 4.78 is 0. The lowest BCUT2D eigenvalue weighted by Crippen LogP contribution is -2.44. The van der Waals surface area contributed by atoms with Gasteiger partial charge in [0.15, 0.2) is 0 Å². The first kappa shape index (κ1) is 9.50. The molecule has 0 aliphatic heterocycles. The Balaban J connectivity index is 2.24. The molecule has 70 valence electrons. The summed E-state index contributed by atoms with van der Waals surface area (Å²) in [6.45, 7) is -0.0382. The predicted molar refractivity (Wildman–Crippen MR) is 50.4 cm³/mol. The highest BCUT2D eigenvalue weighted by atomic mass is 16.2. The Bertz CT molecular complexity index is 262. The van der Waals surface area contributed by atoms with Gasteiger partial charge in [0.1, 0.15) is 0 Å². The highest BCUT2D eigenvalue weighted by Gasteiger charge is 1.93. The molecular formula is C8H12N4O. The molecule has 0 spiro atoms. The summed E-state index contributed by atoms with van der Waals surface area (Å²) in [5, 5.41) is 0. The number of para-hydroxylation sites is 1. The van der Waals surface area contributed by atoms with Crippen LogP contribution < -0.4 is 22.1 Å². The molecule has 0 bridgehead atoms. The summed E-state index contributed by atoms with van der Waals surface area (Å²) in [4.78, 5) is 10.7. The van der Waals surface area contributed by atoms with Crippen molar-refractivity contribution in [1.29, 1.82) is 0 Å².